The van der Waals surface area contributed by atoms with Crippen molar-refractivity contribution in [1.29, 1.82) is 0 Å². The van der Waals surface area contributed by atoms with Crippen molar-refractivity contribution >= 4 is 39.5 Å². The lowest BCUT2D eigenvalue weighted by Gasteiger charge is -2.21. The average molecular weight is 1240 g/mol. The van der Waals surface area contributed by atoms with Crippen LogP contribution < -0.4 is 0 Å². The van der Waals surface area contributed by atoms with E-state index in [0.29, 0.717) is 37.5 Å². The molecule has 3 N–H and O–H groups in total. The molecule has 5 atom stereocenters. The van der Waals surface area contributed by atoms with Crippen LogP contribution in [0.15, 0.2) is 0 Å². The molecule has 0 aromatic rings. The first kappa shape index (κ1) is 82.1. The third kappa shape index (κ3) is 59.0. The molecule has 2 unspecified atom stereocenters. The van der Waals surface area contributed by atoms with Gasteiger partial charge in [0.05, 0.1) is 26.4 Å². The molecule has 0 saturated heterocycles. The highest BCUT2D eigenvalue weighted by atomic mass is 31.2. The minimum Gasteiger partial charge on any atom is -0.462 e. The average Bonchev–Trinajstić information content (AvgIpc) is 3.50. The molecule has 0 aliphatic rings. The van der Waals surface area contributed by atoms with Crippen LogP contribution in [0.2, 0.25) is 0 Å². The number of hydrogen-bond donors (Lipinski definition) is 3. The Bertz CT molecular complexity index is 1660. The topological polar surface area (TPSA) is 237 Å². The van der Waals surface area contributed by atoms with Crippen LogP contribution in [0.5, 0.6) is 0 Å². The van der Waals surface area contributed by atoms with E-state index in [4.69, 9.17) is 37.0 Å². The van der Waals surface area contributed by atoms with E-state index in [-0.39, 0.29) is 25.7 Å². The molecule has 0 aromatic heterocycles. The molecule has 0 bridgehead atoms. The summed E-state index contributed by atoms with van der Waals surface area (Å²) in [5, 5.41) is 10.5. The lowest BCUT2D eigenvalue weighted by atomic mass is 10.0. The molecular formula is C65H126O17P2. The second kappa shape index (κ2) is 56.3. The Kier molecular flexibility index (Phi) is 55.0. The maximum atomic E-state index is 13.0. The molecule has 0 heterocycles. The van der Waals surface area contributed by atoms with Gasteiger partial charge in [-0.2, -0.15) is 0 Å². The number of esters is 4. The summed E-state index contributed by atoms with van der Waals surface area (Å²) in [4.78, 5) is 71.9. The molecule has 0 fully saturated rings. The van der Waals surface area contributed by atoms with Crippen LogP contribution in [0.1, 0.15) is 318 Å². The molecule has 0 aliphatic carbocycles. The fourth-order valence-electron chi connectivity index (χ4n) is 9.66. The van der Waals surface area contributed by atoms with Crippen molar-refractivity contribution < 1.29 is 80.2 Å². The van der Waals surface area contributed by atoms with Crippen molar-refractivity contribution in [2.24, 2.45) is 17.8 Å². The van der Waals surface area contributed by atoms with Crippen molar-refractivity contribution in [1.82, 2.24) is 0 Å². The monoisotopic (exact) mass is 1240 g/mol. The number of phosphoric ester groups is 2. The Morgan fingerprint density at radius 1 is 0.321 bits per heavy atom. The van der Waals surface area contributed by atoms with E-state index in [9.17, 15) is 43.2 Å². The van der Waals surface area contributed by atoms with E-state index >= 15 is 0 Å². The molecule has 19 heteroatoms. The molecule has 498 valence electrons. The van der Waals surface area contributed by atoms with Gasteiger partial charge in [-0.05, 0) is 43.4 Å². The van der Waals surface area contributed by atoms with Crippen LogP contribution in [-0.4, -0.2) is 96.7 Å². The van der Waals surface area contributed by atoms with Crippen molar-refractivity contribution in [3.05, 3.63) is 0 Å². The lowest BCUT2D eigenvalue weighted by molar-refractivity contribution is -0.161. The van der Waals surface area contributed by atoms with Crippen molar-refractivity contribution in [2.75, 3.05) is 39.6 Å². The fourth-order valence-corrected chi connectivity index (χ4v) is 11.2. The third-order valence-corrected chi connectivity index (χ3v) is 16.8. The van der Waals surface area contributed by atoms with E-state index in [1.807, 2.05) is 0 Å². The zero-order chi connectivity index (χ0) is 62.4. The zero-order valence-electron chi connectivity index (χ0n) is 54.4. The van der Waals surface area contributed by atoms with Gasteiger partial charge in [0.25, 0.3) is 0 Å². The van der Waals surface area contributed by atoms with Gasteiger partial charge in [0.2, 0.25) is 0 Å². The van der Waals surface area contributed by atoms with Crippen LogP contribution in [-0.2, 0) is 65.4 Å². The van der Waals surface area contributed by atoms with Crippen molar-refractivity contribution in [3.8, 4) is 0 Å². The van der Waals surface area contributed by atoms with Gasteiger partial charge in [-0.25, -0.2) is 9.13 Å². The summed E-state index contributed by atoms with van der Waals surface area (Å²) in [5.74, 6) is 0.0623. The van der Waals surface area contributed by atoms with E-state index in [1.54, 1.807) is 0 Å². The second-order valence-corrected chi connectivity index (χ2v) is 27.8. The first-order valence-electron chi connectivity index (χ1n) is 33.8. The Morgan fingerprint density at radius 2 is 0.548 bits per heavy atom. The molecule has 0 aromatic carbocycles. The van der Waals surface area contributed by atoms with Gasteiger partial charge >= 0.3 is 39.5 Å². The summed E-state index contributed by atoms with van der Waals surface area (Å²) in [6.45, 7) is 11.6. The maximum Gasteiger partial charge on any atom is 0.472 e. The molecule has 0 spiro atoms. The van der Waals surface area contributed by atoms with Crippen LogP contribution in [0.25, 0.3) is 0 Å². The molecule has 0 radical (unpaired) electrons. The van der Waals surface area contributed by atoms with Gasteiger partial charge in [0.15, 0.2) is 12.2 Å². The van der Waals surface area contributed by atoms with Gasteiger partial charge in [0, 0.05) is 25.7 Å². The Labute approximate surface area is 511 Å². The molecule has 17 nitrogen and oxygen atoms in total. The van der Waals surface area contributed by atoms with Gasteiger partial charge in [-0.3, -0.25) is 37.3 Å². The van der Waals surface area contributed by atoms with E-state index in [0.717, 1.165) is 109 Å². The Hall–Kier alpha value is -1.94. The van der Waals surface area contributed by atoms with E-state index in [1.165, 1.54) is 116 Å². The normalized spacial score (nSPS) is 14.3. The number of rotatable bonds is 63. The van der Waals surface area contributed by atoms with Gasteiger partial charge in [0.1, 0.15) is 19.3 Å². The predicted molar refractivity (Wildman–Crippen MR) is 335 cm³/mol. The molecule has 0 aliphatic heterocycles. The molecular weight excluding hydrogens is 1110 g/mol. The Morgan fingerprint density at radius 3 is 0.810 bits per heavy atom. The zero-order valence-corrected chi connectivity index (χ0v) is 56.1. The highest BCUT2D eigenvalue weighted by molar-refractivity contribution is 7.47. The third-order valence-electron chi connectivity index (χ3n) is 14.9. The first-order valence-corrected chi connectivity index (χ1v) is 36.8. The number of ether oxygens (including phenoxy) is 4. The van der Waals surface area contributed by atoms with Gasteiger partial charge in [-0.15, -0.1) is 0 Å². The van der Waals surface area contributed by atoms with Crippen molar-refractivity contribution in [2.45, 2.75) is 336 Å². The molecule has 0 amide bonds. The minimum absolute atomic E-state index is 0.102. The quantitative estimate of drug-likeness (QED) is 0.0222. The summed E-state index contributed by atoms with van der Waals surface area (Å²) in [7, 11) is -9.88. The molecule has 0 rings (SSSR count). The summed E-state index contributed by atoms with van der Waals surface area (Å²) < 4.78 is 67.8. The number of aliphatic hydroxyl groups excluding tert-OH is 1. The summed E-state index contributed by atoms with van der Waals surface area (Å²) in [6.07, 6.45) is 38.2. The smallest absolute Gasteiger partial charge is 0.462 e. The van der Waals surface area contributed by atoms with Crippen LogP contribution in [0, 0.1) is 17.8 Å². The SMILES string of the molecule is CCCCCCCC(=O)OC[C@H](COP(=O)(O)OC[C@H](O)COP(=O)(O)OC[C@@H](COC(=O)CCCCCCCCCC(C)C)OC(=O)CCCCCCCCCCCCCCCCCCC(C)C)OC(=O)CCCCCCCCCC(C)C. The minimum atomic E-state index is -4.94. The summed E-state index contributed by atoms with van der Waals surface area (Å²) in [5.41, 5.74) is 0. The number of carbonyl (C=O) groups excluding carboxylic acids is 4. The van der Waals surface area contributed by atoms with Gasteiger partial charge in [-0.1, -0.05) is 267 Å². The van der Waals surface area contributed by atoms with Crippen LogP contribution in [0.3, 0.4) is 0 Å². The number of aliphatic hydroxyl groups is 1. The highest BCUT2D eigenvalue weighted by Gasteiger charge is 2.30. The van der Waals surface area contributed by atoms with Crippen molar-refractivity contribution in [3.63, 3.8) is 0 Å². The van der Waals surface area contributed by atoms with Crippen LogP contribution in [0.4, 0.5) is 0 Å². The maximum absolute atomic E-state index is 13.0. The van der Waals surface area contributed by atoms with Crippen LogP contribution >= 0.6 is 15.6 Å². The molecule has 0 saturated carbocycles. The summed E-state index contributed by atoms with van der Waals surface area (Å²) >= 11 is 0. The van der Waals surface area contributed by atoms with Gasteiger partial charge < -0.3 is 33.8 Å². The first-order chi connectivity index (χ1) is 40.2. The van der Waals surface area contributed by atoms with E-state index < -0.39 is 97.5 Å². The largest absolute Gasteiger partial charge is 0.472 e. The number of hydrogen-bond acceptors (Lipinski definition) is 15. The van der Waals surface area contributed by atoms with E-state index in [2.05, 4.69) is 48.5 Å². The summed E-state index contributed by atoms with van der Waals surface area (Å²) in [6, 6.07) is 0. The number of phosphoric acid groups is 2. The predicted octanol–water partition coefficient (Wildman–Crippen LogP) is 17.9. The number of carbonyl (C=O) groups is 4. The lowest BCUT2D eigenvalue weighted by Crippen LogP contribution is -2.30. The number of unbranched alkanes of at least 4 members (excludes halogenated alkanes) is 31. The Balaban J connectivity index is 5.12. The second-order valence-electron chi connectivity index (χ2n) is 24.9. The highest BCUT2D eigenvalue weighted by Crippen LogP contribution is 2.45. The molecule has 84 heavy (non-hydrogen) atoms. The fraction of sp³-hybridized carbons (Fsp3) is 0.938. The standard InChI is InChI=1S/C65H126O17P2/c1-8-9-10-29-39-46-62(67)75-52-60(81-65(70)49-42-35-28-22-25-32-38-45-58(6)7)54-79-83(71,72)77-50-59(66)51-78-84(73,74)80-55-61(53-76-63(68)47-40-33-27-21-24-31-37-44-57(4)5)82-64(69)48-41-34-26-20-18-16-14-12-11-13-15-17-19-23-30-36-43-56(2)3/h56-61,66H,8-55H2,1-7H3,(H,71,72)(H,73,74)/t59-,60+,61+/m0/s1.